The van der Waals surface area contributed by atoms with Crippen molar-refractivity contribution in [3.05, 3.63) is 29.6 Å². The van der Waals surface area contributed by atoms with Crippen molar-refractivity contribution in [1.82, 2.24) is 4.98 Å². The van der Waals surface area contributed by atoms with Gasteiger partial charge < -0.3 is 0 Å². The van der Waals surface area contributed by atoms with E-state index in [4.69, 9.17) is 0 Å². The van der Waals surface area contributed by atoms with Gasteiger partial charge in [-0.25, -0.2) is 0 Å². The molecule has 0 aliphatic heterocycles. The minimum atomic E-state index is 0.194. The first-order valence-electron chi connectivity index (χ1n) is 7.01. The second-order valence-electron chi connectivity index (χ2n) is 5.91. The number of hydrogen-bond donors (Lipinski definition) is 0. The normalized spacial score (nSPS) is 24.6. The summed E-state index contributed by atoms with van der Waals surface area (Å²) in [6.07, 6.45) is 5.55. The Morgan fingerprint density at radius 2 is 2.22 bits per heavy atom. The van der Waals surface area contributed by atoms with Gasteiger partial charge in [0.1, 0.15) is 5.78 Å². The van der Waals surface area contributed by atoms with Crippen LogP contribution in [0.15, 0.2) is 18.3 Å². The Bertz CT molecular complexity index is 425. The summed E-state index contributed by atoms with van der Waals surface area (Å²) in [5.74, 6) is 2.03. The van der Waals surface area contributed by atoms with E-state index in [2.05, 4.69) is 31.8 Å². The van der Waals surface area contributed by atoms with Crippen molar-refractivity contribution in [2.75, 3.05) is 0 Å². The third kappa shape index (κ3) is 2.98. The number of aryl methyl sites for hydroxylation is 1. The van der Waals surface area contributed by atoms with Gasteiger partial charge in [0.15, 0.2) is 0 Å². The van der Waals surface area contributed by atoms with Crippen molar-refractivity contribution in [2.24, 2.45) is 17.8 Å². The number of nitrogens with zero attached hydrogens (tertiary/aromatic N) is 1. The summed E-state index contributed by atoms with van der Waals surface area (Å²) in [6.45, 7) is 6.61. The Labute approximate surface area is 110 Å². The molecule has 1 aromatic heterocycles. The van der Waals surface area contributed by atoms with Gasteiger partial charge in [0, 0.05) is 24.2 Å². The van der Waals surface area contributed by atoms with Crippen molar-refractivity contribution < 1.29 is 4.79 Å². The van der Waals surface area contributed by atoms with Crippen LogP contribution in [0.25, 0.3) is 0 Å². The molecule has 1 fully saturated rings. The first kappa shape index (κ1) is 13.3. The molecular weight excluding hydrogens is 222 g/mol. The van der Waals surface area contributed by atoms with E-state index in [1.165, 1.54) is 5.56 Å². The second kappa shape index (κ2) is 5.64. The maximum absolute atomic E-state index is 12.1. The molecule has 2 unspecified atom stereocenters. The highest BCUT2D eigenvalue weighted by molar-refractivity contribution is 5.82. The first-order chi connectivity index (χ1) is 8.58. The van der Waals surface area contributed by atoms with E-state index in [1.54, 1.807) is 0 Å². The zero-order valence-corrected chi connectivity index (χ0v) is 11.6. The first-order valence-corrected chi connectivity index (χ1v) is 7.01. The lowest BCUT2D eigenvalue weighted by molar-refractivity contribution is -0.125. The Hall–Kier alpha value is -1.18. The van der Waals surface area contributed by atoms with Crippen LogP contribution in [0, 0.1) is 24.7 Å². The average Bonchev–Trinajstić information content (AvgIpc) is 2.34. The van der Waals surface area contributed by atoms with E-state index in [-0.39, 0.29) is 5.92 Å². The van der Waals surface area contributed by atoms with Crippen LogP contribution in [0.4, 0.5) is 0 Å². The van der Waals surface area contributed by atoms with Crippen molar-refractivity contribution in [2.45, 2.75) is 46.5 Å². The molecule has 2 atom stereocenters. The van der Waals surface area contributed by atoms with E-state index in [9.17, 15) is 4.79 Å². The van der Waals surface area contributed by atoms with Gasteiger partial charge in [-0.15, -0.1) is 0 Å². The monoisotopic (exact) mass is 245 g/mol. The van der Waals surface area contributed by atoms with Crippen LogP contribution >= 0.6 is 0 Å². The number of aromatic nitrogens is 1. The summed E-state index contributed by atoms with van der Waals surface area (Å²) < 4.78 is 0. The molecule has 0 radical (unpaired) electrons. The van der Waals surface area contributed by atoms with Gasteiger partial charge in [0.05, 0.1) is 0 Å². The Balaban J connectivity index is 2.07. The number of hydrogen-bond acceptors (Lipinski definition) is 2. The highest BCUT2D eigenvalue weighted by Gasteiger charge is 2.30. The molecule has 1 aromatic rings. The number of ketones is 1. The zero-order valence-electron chi connectivity index (χ0n) is 11.6. The van der Waals surface area contributed by atoms with Crippen molar-refractivity contribution >= 4 is 5.78 Å². The molecule has 18 heavy (non-hydrogen) atoms. The van der Waals surface area contributed by atoms with Crippen molar-refractivity contribution in [3.63, 3.8) is 0 Å². The minimum Gasteiger partial charge on any atom is -0.299 e. The van der Waals surface area contributed by atoms with E-state index in [1.807, 2.05) is 12.3 Å². The topological polar surface area (TPSA) is 30.0 Å². The van der Waals surface area contributed by atoms with Crippen LogP contribution in [0.1, 0.15) is 44.4 Å². The standard InChI is InChI=1S/C16H23NO/c1-11(2)13-6-7-16(18)14(9-13)10-15-12(3)5-4-8-17-15/h4-5,8,11,13-14H,6-7,9-10H2,1-3H3. The summed E-state index contributed by atoms with van der Waals surface area (Å²) in [5, 5.41) is 0. The van der Waals surface area contributed by atoms with Gasteiger partial charge in [-0.1, -0.05) is 19.9 Å². The van der Waals surface area contributed by atoms with E-state index in [0.29, 0.717) is 17.6 Å². The van der Waals surface area contributed by atoms with E-state index < -0.39 is 0 Å². The summed E-state index contributed by atoms with van der Waals surface area (Å²) in [6, 6.07) is 4.04. The van der Waals surface area contributed by atoms with Gasteiger partial charge in [0.25, 0.3) is 0 Å². The van der Waals surface area contributed by atoms with Crippen molar-refractivity contribution in [1.29, 1.82) is 0 Å². The average molecular weight is 245 g/mol. The van der Waals surface area contributed by atoms with Gasteiger partial charge in [-0.2, -0.15) is 0 Å². The SMILES string of the molecule is Cc1cccnc1CC1CC(C(C)C)CCC1=O. The molecule has 2 rings (SSSR count). The minimum absolute atomic E-state index is 0.194. The van der Waals surface area contributed by atoms with Crippen LogP contribution in [0.2, 0.25) is 0 Å². The Kier molecular flexibility index (Phi) is 4.15. The molecule has 1 aliphatic carbocycles. The van der Waals surface area contributed by atoms with E-state index in [0.717, 1.165) is 31.4 Å². The summed E-state index contributed by atoms with van der Waals surface area (Å²) >= 11 is 0. The number of Topliss-reactive ketones (excluding diaryl/α,β-unsaturated/α-hetero) is 1. The number of pyridine rings is 1. The van der Waals surface area contributed by atoms with Gasteiger partial charge in [-0.3, -0.25) is 9.78 Å². The molecule has 2 heteroatoms. The highest BCUT2D eigenvalue weighted by Crippen LogP contribution is 2.33. The molecule has 0 aromatic carbocycles. The number of carbonyl (C=O) groups is 1. The van der Waals surface area contributed by atoms with Gasteiger partial charge in [-0.05, 0) is 49.7 Å². The Morgan fingerprint density at radius 1 is 1.44 bits per heavy atom. The fourth-order valence-electron chi connectivity index (χ4n) is 2.91. The fourth-order valence-corrected chi connectivity index (χ4v) is 2.91. The molecule has 1 saturated carbocycles. The number of rotatable bonds is 3. The second-order valence-corrected chi connectivity index (χ2v) is 5.91. The molecule has 2 nitrogen and oxygen atoms in total. The molecule has 1 aliphatic rings. The molecule has 1 heterocycles. The van der Waals surface area contributed by atoms with Crippen molar-refractivity contribution in [3.8, 4) is 0 Å². The zero-order chi connectivity index (χ0) is 13.1. The molecule has 0 amide bonds. The van der Waals surface area contributed by atoms with Crippen LogP contribution in [0.3, 0.4) is 0 Å². The summed E-state index contributed by atoms with van der Waals surface area (Å²) in [7, 11) is 0. The molecule has 0 bridgehead atoms. The molecule has 0 saturated heterocycles. The lowest BCUT2D eigenvalue weighted by Crippen LogP contribution is -2.29. The lowest BCUT2D eigenvalue weighted by atomic mass is 9.74. The smallest absolute Gasteiger partial charge is 0.136 e. The highest BCUT2D eigenvalue weighted by atomic mass is 16.1. The maximum Gasteiger partial charge on any atom is 0.136 e. The van der Waals surface area contributed by atoms with Crippen LogP contribution in [-0.4, -0.2) is 10.8 Å². The summed E-state index contributed by atoms with van der Waals surface area (Å²) in [4.78, 5) is 16.5. The Morgan fingerprint density at radius 3 is 2.89 bits per heavy atom. The third-order valence-electron chi connectivity index (χ3n) is 4.30. The quantitative estimate of drug-likeness (QED) is 0.814. The summed E-state index contributed by atoms with van der Waals surface area (Å²) in [5.41, 5.74) is 2.30. The molecule has 0 N–H and O–H groups in total. The predicted octanol–water partition coefficient (Wildman–Crippen LogP) is 3.57. The van der Waals surface area contributed by atoms with Crippen LogP contribution in [-0.2, 0) is 11.2 Å². The lowest BCUT2D eigenvalue weighted by Gasteiger charge is -2.30. The molecular formula is C16H23NO. The maximum atomic E-state index is 12.1. The van der Waals surface area contributed by atoms with Gasteiger partial charge >= 0.3 is 0 Å². The number of carbonyl (C=O) groups excluding carboxylic acids is 1. The van der Waals surface area contributed by atoms with Crippen LogP contribution < -0.4 is 0 Å². The van der Waals surface area contributed by atoms with Crippen LogP contribution in [0.5, 0.6) is 0 Å². The molecule has 0 spiro atoms. The fraction of sp³-hybridized carbons (Fsp3) is 0.625. The van der Waals surface area contributed by atoms with E-state index >= 15 is 0 Å². The predicted molar refractivity (Wildman–Crippen MR) is 73.4 cm³/mol. The third-order valence-corrected chi connectivity index (χ3v) is 4.30. The van der Waals surface area contributed by atoms with Gasteiger partial charge in [0.2, 0.25) is 0 Å². The largest absolute Gasteiger partial charge is 0.299 e. The molecule has 98 valence electrons.